The fraction of sp³-hybridized carbons (Fsp3) is 0.483. The molecule has 0 saturated carbocycles. The van der Waals surface area contributed by atoms with Gasteiger partial charge in [-0.3, -0.25) is 19.3 Å². The molecule has 0 radical (unpaired) electrons. The number of carbonyl (C=O) groups is 3. The molecule has 2 aliphatic heterocycles. The van der Waals surface area contributed by atoms with Crippen LogP contribution >= 0.6 is 0 Å². The lowest BCUT2D eigenvalue weighted by Crippen LogP contribution is -2.60. The number of carbonyl (C=O) groups excluding carboxylic acids is 3. The van der Waals surface area contributed by atoms with Gasteiger partial charge in [-0.2, -0.15) is 0 Å². The van der Waals surface area contributed by atoms with Crippen molar-refractivity contribution >= 4 is 17.7 Å². The highest BCUT2D eigenvalue weighted by atomic mass is 16.5. The largest absolute Gasteiger partial charge is 0.497 e. The zero-order valence-electron chi connectivity index (χ0n) is 23.2. The van der Waals surface area contributed by atoms with Gasteiger partial charge in [0, 0.05) is 43.6 Å². The molecular formula is C29H37N3O7. The minimum atomic E-state index is -0.995. The average Bonchev–Trinajstić information content (AvgIpc) is 3.33. The van der Waals surface area contributed by atoms with Crippen LogP contribution < -0.4 is 19.5 Å². The summed E-state index contributed by atoms with van der Waals surface area (Å²) in [4.78, 5) is 43.7. The Kier molecular flexibility index (Phi) is 8.64. The Bertz CT molecular complexity index is 1190. The molecule has 2 aromatic carbocycles. The lowest BCUT2D eigenvalue weighted by Gasteiger charge is -2.44. The first-order valence-electron chi connectivity index (χ1n) is 13.1. The van der Waals surface area contributed by atoms with E-state index < -0.39 is 11.8 Å². The van der Waals surface area contributed by atoms with Crippen LogP contribution in [0, 0.1) is 5.92 Å². The highest BCUT2D eigenvalue weighted by Gasteiger charge is 2.54. The van der Waals surface area contributed by atoms with Crippen molar-refractivity contribution in [3.05, 3.63) is 53.6 Å². The SMILES string of the molecule is COc1ccc(C(=O)N2C(C(=O)NCC(C)C)COC23CCN(C(=O)c2ccc(OC)c(OC)c2)CC3)cc1. The molecule has 0 bridgehead atoms. The minimum absolute atomic E-state index is 0.0927. The third-order valence-electron chi connectivity index (χ3n) is 7.27. The van der Waals surface area contributed by atoms with Gasteiger partial charge in [-0.25, -0.2) is 0 Å². The number of rotatable bonds is 8. The van der Waals surface area contributed by atoms with Crippen molar-refractivity contribution in [1.29, 1.82) is 0 Å². The van der Waals surface area contributed by atoms with Gasteiger partial charge >= 0.3 is 0 Å². The fourth-order valence-electron chi connectivity index (χ4n) is 5.07. The maximum Gasteiger partial charge on any atom is 0.256 e. The van der Waals surface area contributed by atoms with E-state index in [2.05, 4.69) is 5.32 Å². The van der Waals surface area contributed by atoms with Crippen molar-refractivity contribution in [1.82, 2.24) is 15.1 Å². The summed E-state index contributed by atoms with van der Waals surface area (Å²) in [5.74, 6) is 1.23. The second-order valence-corrected chi connectivity index (χ2v) is 10.2. The minimum Gasteiger partial charge on any atom is -0.497 e. The van der Waals surface area contributed by atoms with E-state index in [1.54, 1.807) is 66.5 Å². The number of likely N-dealkylation sites (tertiary alicyclic amines) is 1. The number of benzene rings is 2. The molecular weight excluding hydrogens is 502 g/mol. The maximum absolute atomic E-state index is 13.9. The summed E-state index contributed by atoms with van der Waals surface area (Å²) in [6, 6.07) is 11.1. The van der Waals surface area contributed by atoms with Crippen molar-refractivity contribution in [2.75, 3.05) is 47.6 Å². The van der Waals surface area contributed by atoms with Crippen LogP contribution in [-0.2, 0) is 9.53 Å². The predicted molar refractivity (Wildman–Crippen MR) is 144 cm³/mol. The molecule has 1 atom stereocenters. The quantitative estimate of drug-likeness (QED) is 0.550. The van der Waals surface area contributed by atoms with Crippen LogP contribution in [0.1, 0.15) is 47.4 Å². The summed E-state index contributed by atoms with van der Waals surface area (Å²) in [5, 5.41) is 2.95. The van der Waals surface area contributed by atoms with Gasteiger partial charge in [-0.15, -0.1) is 0 Å². The second kappa shape index (κ2) is 11.9. The average molecular weight is 540 g/mol. The molecule has 0 aliphatic carbocycles. The molecule has 10 heteroatoms. The molecule has 10 nitrogen and oxygen atoms in total. The number of hydrogen-bond acceptors (Lipinski definition) is 7. The van der Waals surface area contributed by atoms with Gasteiger partial charge in [0.2, 0.25) is 5.91 Å². The Morgan fingerprint density at radius 1 is 0.923 bits per heavy atom. The van der Waals surface area contributed by atoms with Crippen LogP contribution in [0.15, 0.2) is 42.5 Å². The van der Waals surface area contributed by atoms with Crippen LogP contribution in [0.5, 0.6) is 17.2 Å². The van der Waals surface area contributed by atoms with E-state index in [-0.39, 0.29) is 30.2 Å². The van der Waals surface area contributed by atoms with E-state index >= 15 is 0 Å². The summed E-state index contributed by atoms with van der Waals surface area (Å²) in [6.07, 6.45) is 0.754. The summed E-state index contributed by atoms with van der Waals surface area (Å²) in [7, 11) is 4.63. The molecule has 2 fully saturated rings. The standard InChI is InChI=1S/C29H37N3O7/c1-19(2)17-30-26(33)23-18-39-29(32(23)28(35)20-6-9-22(36-3)10-7-20)12-14-31(15-13-29)27(34)21-8-11-24(37-4)25(16-21)38-5/h6-11,16,19,23H,12-15,17-18H2,1-5H3,(H,30,33). The highest BCUT2D eigenvalue weighted by Crippen LogP contribution is 2.39. The first-order chi connectivity index (χ1) is 18.7. The molecule has 2 aliphatic rings. The Labute approximate surface area is 229 Å². The van der Waals surface area contributed by atoms with E-state index in [0.29, 0.717) is 60.9 Å². The number of nitrogens with zero attached hydrogens (tertiary/aromatic N) is 2. The molecule has 1 spiro atoms. The van der Waals surface area contributed by atoms with Gasteiger partial charge < -0.3 is 29.2 Å². The van der Waals surface area contributed by atoms with Crippen LogP contribution in [0.4, 0.5) is 0 Å². The van der Waals surface area contributed by atoms with Gasteiger partial charge in [0.1, 0.15) is 17.5 Å². The number of piperidine rings is 1. The zero-order chi connectivity index (χ0) is 28.2. The number of hydrogen-bond donors (Lipinski definition) is 1. The first-order valence-corrected chi connectivity index (χ1v) is 13.1. The van der Waals surface area contributed by atoms with Crippen molar-refractivity contribution in [2.24, 2.45) is 5.92 Å². The van der Waals surface area contributed by atoms with Crippen molar-refractivity contribution in [3.63, 3.8) is 0 Å². The van der Waals surface area contributed by atoms with Crippen LogP contribution in [-0.4, -0.2) is 86.9 Å². The summed E-state index contributed by atoms with van der Waals surface area (Å²) < 4.78 is 22.1. The smallest absolute Gasteiger partial charge is 0.256 e. The molecule has 3 amide bonds. The Morgan fingerprint density at radius 3 is 2.15 bits per heavy atom. The van der Waals surface area contributed by atoms with E-state index in [4.69, 9.17) is 18.9 Å². The van der Waals surface area contributed by atoms with Gasteiger partial charge in [0.25, 0.3) is 11.8 Å². The monoisotopic (exact) mass is 539 g/mol. The van der Waals surface area contributed by atoms with Gasteiger partial charge in [-0.1, -0.05) is 13.8 Å². The molecule has 210 valence electrons. The third kappa shape index (κ3) is 5.80. The molecule has 0 aromatic heterocycles. The number of nitrogens with one attached hydrogen (secondary N) is 1. The number of ether oxygens (including phenoxy) is 4. The topological polar surface area (TPSA) is 107 Å². The van der Waals surface area contributed by atoms with Crippen molar-refractivity contribution < 1.29 is 33.3 Å². The summed E-state index contributed by atoms with van der Waals surface area (Å²) in [5.41, 5.74) is -0.0789. The van der Waals surface area contributed by atoms with E-state index in [1.165, 1.54) is 7.11 Å². The summed E-state index contributed by atoms with van der Waals surface area (Å²) >= 11 is 0. The first kappa shape index (κ1) is 28.2. The van der Waals surface area contributed by atoms with E-state index in [0.717, 1.165) is 0 Å². The normalized spacial score (nSPS) is 18.3. The highest BCUT2D eigenvalue weighted by molar-refractivity contribution is 5.99. The maximum atomic E-state index is 13.9. The Balaban J connectivity index is 1.56. The van der Waals surface area contributed by atoms with Crippen LogP contribution in [0.25, 0.3) is 0 Å². The number of amides is 3. The Morgan fingerprint density at radius 2 is 1.56 bits per heavy atom. The molecule has 1 unspecified atom stereocenters. The van der Waals surface area contributed by atoms with Gasteiger partial charge in [0.15, 0.2) is 11.5 Å². The zero-order valence-corrected chi connectivity index (χ0v) is 23.2. The molecule has 2 aromatic rings. The Hall–Kier alpha value is -3.79. The van der Waals surface area contributed by atoms with Crippen molar-refractivity contribution in [2.45, 2.75) is 38.5 Å². The fourth-order valence-corrected chi connectivity index (χ4v) is 5.07. The molecule has 2 heterocycles. The number of methoxy groups -OCH3 is 3. The molecule has 1 N–H and O–H groups in total. The van der Waals surface area contributed by atoms with Crippen LogP contribution in [0.2, 0.25) is 0 Å². The lowest BCUT2D eigenvalue weighted by atomic mass is 9.96. The lowest BCUT2D eigenvalue weighted by molar-refractivity contribution is -0.128. The molecule has 2 saturated heterocycles. The second-order valence-electron chi connectivity index (χ2n) is 10.2. The van der Waals surface area contributed by atoms with Crippen LogP contribution in [0.3, 0.4) is 0 Å². The van der Waals surface area contributed by atoms with Gasteiger partial charge in [0.05, 0.1) is 27.9 Å². The summed E-state index contributed by atoms with van der Waals surface area (Å²) in [6.45, 7) is 5.34. The predicted octanol–water partition coefficient (Wildman–Crippen LogP) is 2.96. The third-order valence-corrected chi connectivity index (χ3v) is 7.27. The molecule has 4 rings (SSSR count). The van der Waals surface area contributed by atoms with Gasteiger partial charge in [-0.05, 0) is 48.4 Å². The van der Waals surface area contributed by atoms with E-state index in [1.807, 2.05) is 13.8 Å². The molecule has 39 heavy (non-hydrogen) atoms. The van der Waals surface area contributed by atoms with Crippen molar-refractivity contribution in [3.8, 4) is 17.2 Å². The van der Waals surface area contributed by atoms with E-state index in [9.17, 15) is 14.4 Å².